The van der Waals surface area contributed by atoms with Gasteiger partial charge in [-0.15, -0.1) is 0 Å². The summed E-state index contributed by atoms with van der Waals surface area (Å²) in [6.45, 7) is 3.13. The molecule has 1 amide bonds. The molecule has 0 spiro atoms. The van der Waals surface area contributed by atoms with E-state index < -0.39 is 0 Å². The zero-order chi connectivity index (χ0) is 20.2. The molecule has 0 aliphatic carbocycles. The van der Waals surface area contributed by atoms with E-state index in [1.807, 2.05) is 43.4 Å². The topological polar surface area (TPSA) is 50.8 Å². The molecule has 0 aromatic heterocycles. The fourth-order valence-electron chi connectivity index (χ4n) is 2.96. The third-order valence-corrected chi connectivity index (χ3v) is 5.52. The highest BCUT2D eigenvalue weighted by Crippen LogP contribution is 2.33. The first-order valence-electron chi connectivity index (χ1n) is 9.38. The van der Waals surface area contributed by atoms with E-state index in [0.29, 0.717) is 36.0 Å². The number of hydrogen-bond donors (Lipinski definition) is 1. The lowest BCUT2D eigenvalue weighted by atomic mass is 10.2. The van der Waals surface area contributed by atoms with Crippen molar-refractivity contribution in [3.63, 3.8) is 0 Å². The van der Waals surface area contributed by atoms with Gasteiger partial charge in [0.1, 0.15) is 13.2 Å². The van der Waals surface area contributed by atoms with Crippen LogP contribution in [0.3, 0.4) is 0 Å². The fraction of sp³-hybridized carbons (Fsp3) is 0.174. The number of rotatable bonds is 5. The Morgan fingerprint density at radius 3 is 2.34 bits per heavy atom. The summed E-state index contributed by atoms with van der Waals surface area (Å²) >= 11 is 1.64. The number of hydrogen-bond acceptors (Lipinski definition) is 5. The second-order valence-corrected chi connectivity index (χ2v) is 7.96. The number of carbonyl (C=O) groups excluding carboxylic acids is 1. The number of carbonyl (C=O) groups is 1. The van der Waals surface area contributed by atoms with Crippen LogP contribution in [-0.4, -0.2) is 26.2 Å². The van der Waals surface area contributed by atoms with E-state index in [4.69, 9.17) is 9.47 Å². The molecule has 0 bridgehead atoms. The third-order valence-electron chi connectivity index (χ3n) is 4.56. The smallest absolute Gasteiger partial charge is 0.255 e. The Hall–Kier alpha value is -3.12. The van der Waals surface area contributed by atoms with E-state index in [-0.39, 0.29) is 5.91 Å². The van der Waals surface area contributed by atoms with Crippen molar-refractivity contribution in [1.82, 2.24) is 0 Å². The number of fused-ring (bicyclic) bond motifs is 1. The van der Waals surface area contributed by atoms with Gasteiger partial charge < -0.3 is 19.1 Å². The van der Waals surface area contributed by atoms with Gasteiger partial charge in [0.25, 0.3) is 5.91 Å². The van der Waals surface area contributed by atoms with E-state index >= 15 is 0 Å². The van der Waals surface area contributed by atoms with E-state index in [1.54, 1.807) is 18.0 Å². The molecule has 6 heteroatoms. The molecule has 1 heterocycles. The maximum atomic E-state index is 12.6. The first kappa shape index (κ1) is 19.2. The van der Waals surface area contributed by atoms with E-state index in [0.717, 1.165) is 5.69 Å². The standard InChI is InChI=1S/C23H22N2O3S/c1-16-3-10-20(11-4-16)29-25(2)19-8-5-17(6-9-19)23(26)24-18-7-12-21-22(15-18)28-14-13-27-21/h3-12,15H,13-14H2,1-2H3,(H,24,26). The first-order chi connectivity index (χ1) is 14.1. The molecule has 5 nitrogen and oxygen atoms in total. The molecule has 1 aliphatic heterocycles. The minimum Gasteiger partial charge on any atom is -0.486 e. The van der Waals surface area contributed by atoms with Crippen molar-refractivity contribution in [2.45, 2.75) is 11.8 Å². The Morgan fingerprint density at radius 1 is 0.931 bits per heavy atom. The Labute approximate surface area is 174 Å². The number of anilines is 2. The predicted molar refractivity (Wildman–Crippen MR) is 117 cm³/mol. The lowest BCUT2D eigenvalue weighted by Gasteiger charge is -2.19. The maximum absolute atomic E-state index is 12.6. The first-order valence-corrected chi connectivity index (χ1v) is 10.2. The average Bonchev–Trinajstić information content (AvgIpc) is 2.75. The normalized spacial score (nSPS) is 12.3. The molecule has 1 N–H and O–H groups in total. The van der Waals surface area contributed by atoms with Crippen molar-refractivity contribution in [3.05, 3.63) is 77.9 Å². The monoisotopic (exact) mass is 406 g/mol. The molecule has 3 aromatic carbocycles. The third kappa shape index (κ3) is 4.66. The van der Waals surface area contributed by atoms with Crippen LogP contribution in [0.2, 0.25) is 0 Å². The van der Waals surface area contributed by atoms with E-state index in [9.17, 15) is 4.79 Å². The number of amides is 1. The highest BCUT2D eigenvalue weighted by atomic mass is 32.2. The van der Waals surface area contributed by atoms with E-state index in [1.165, 1.54) is 10.5 Å². The number of aryl methyl sites for hydroxylation is 1. The second kappa shape index (κ2) is 8.49. The minimum atomic E-state index is -0.165. The highest BCUT2D eigenvalue weighted by Gasteiger charge is 2.14. The summed E-state index contributed by atoms with van der Waals surface area (Å²) in [6.07, 6.45) is 0. The molecule has 0 saturated carbocycles. The largest absolute Gasteiger partial charge is 0.486 e. The molecule has 0 radical (unpaired) electrons. The van der Waals surface area contributed by atoms with Crippen LogP contribution in [-0.2, 0) is 0 Å². The van der Waals surface area contributed by atoms with Gasteiger partial charge >= 0.3 is 0 Å². The summed E-state index contributed by atoms with van der Waals surface area (Å²) in [4.78, 5) is 13.7. The van der Waals surface area contributed by atoms with Crippen molar-refractivity contribution in [3.8, 4) is 11.5 Å². The summed E-state index contributed by atoms with van der Waals surface area (Å²) in [5, 5.41) is 2.91. The molecular formula is C23H22N2O3S. The molecule has 0 unspecified atom stereocenters. The summed E-state index contributed by atoms with van der Waals surface area (Å²) in [6, 6.07) is 21.4. The van der Waals surface area contributed by atoms with Crippen LogP contribution in [0.4, 0.5) is 11.4 Å². The SMILES string of the molecule is Cc1ccc(SN(C)c2ccc(C(=O)Nc3ccc4c(c3)OCCO4)cc2)cc1. The van der Waals surface area contributed by atoms with Gasteiger partial charge in [-0.1, -0.05) is 17.7 Å². The van der Waals surface area contributed by atoms with Gasteiger partial charge in [-0.05, 0) is 67.4 Å². The van der Waals surface area contributed by atoms with Crippen LogP contribution < -0.4 is 19.1 Å². The zero-order valence-electron chi connectivity index (χ0n) is 16.3. The molecule has 3 aromatic rings. The predicted octanol–water partition coefficient (Wildman–Crippen LogP) is 5.16. The van der Waals surface area contributed by atoms with Crippen LogP contribution in [0.1, 0.15) is 15.9 Å². The number of nitrogens with zero attached hydrogens (tertiary/aromatic N) is 1. The van der Waals surface area contributed by atoms with Crippen molar-refractivity contribution in [1.29, 1.82) is 0 Å². The van der Waals surface area contributed by atoms with Crippen molar-refractivity contribution >= 4 is 29.2 Å². The van der Waals surface area contributed by atoms with Gasteiger partial charge in [0.05, 0.1) is 0 Å². The summed E-state index contributed by atoms with van der Waals surface area (Å²) in [5.74, 6) is 1.19. The highest BCUT2D eigenvalue weighted by molar-refractivity contribution is 8.00. The molecule has 0 saturated heterocycles. The van der Waals surface area contributed by atoms with Gasteiger partial charge in [-0.2, -0.15) is 0 Å². The summed E-state index contributed by atoms with van der Waals surface area (Å²) < 4.78 is 13.1. The van der Waals surface area contributed by atoms with E-state index in [2.05, 4.69) is 40.8 Å². The fourth-order valence-corrected chi connectivity index (χ4v) is 3.76. The molecule has 4 rings (SSSR count). The zero-order valence-corrected chi connectivity index (χ0v) is 17.2. The van der Waals surface area contributed by atoms with Crippen LogP contribution in [0.15, 0.2) is 71.6 Å². The van der Waals surface area contributed by atoms with Gasteiger partial charge in [0.15, 0.2) is 11.5 Å². The average molecular weight is 407 g/mol. The van der Waals surface area contributed by atoms with Gasteiger partial charge in [-0.3, -0.25) is 4.79 Å². The Bertz CT molecular complexity index is 1000. The Morgan fingerprint density at radius 2 is 1.62 bits per heavy atom. The summed E-state index contributed by atoms with van der Waals surface area (Å²) in [7, 11) is 2.01. The van der Waals surface area contributed by atoms with Gasteiger partial charge in [-0.25, -0.2) is 0 Å². The Balaban J connectivity index is 1.40. The van der Waals surface area contributed by atoms with Crippen LogP contribution in [0, 0.1) is 6.92 Å². The van der Waals surface area contributed by atoms with Crippen LogP contribution in [0.5, 0.6) is 11.5 Å². The quantitative estimate of drug-likeness (QED) is 0.593. The molecular weight excluding hydrogens is 384 g/mol. The lowest BCUT2D eigenvalue weighted by molar-refractivity contribution is 0.102. The van der Waals surface area contributed by atoms with Crippen molar-refractivity contribution in [2.75, 3.05) is 29.9 Å². The summed E-state index contributed by atoms with van der Waals surface area (Å²) in [5.41, 5.74) is 3.53. The second-order valence-electron chi connectivity index (χ2n) is 6.76. The lowest BCUT2D eigenvalue weighted by Crippen LogP contribution is -2.16. The van der Waals surface area contributed by atoms with Gasteiger partial charge in [0.2, 0.25) is 0 Å². The molecule has 1 aliphatic rings. The van der Waals surface area contributed by atoms with Crippen molar-refractivity contribution < 1.29 is 14.3 Å². The molecule has 148 valence electrons. The molecule has 0 fully saturated rings. The van der Waals surface area contributed by atoms with Crippen LogP contribution >= 0.6 is 11.9 Å². The number of ether oxygens (including phenoxy) is 2. The number of benzene rings is 3. The Kier molecular flexibility index (Phi) is 5.62. The van der Waals surface area contributed by atoms with Crippen molar-refractivity contribution in [2.24, 2.45) is 0 Å². The van der Waals surface area contributed by atoms with Crippen LogP contribution in [0.25, 0.3) is 0 Å². The molecule has 29 heavy (non-hydrogen) atoms. The van der Waals surface area contributed by atoms with Gasteiger partial charge in [0, 0.05) is 34.9 Å². The molecule has 0 atom stereocenters. The number of nitrogens with one attached hydrogen (secondary N) is 1. The maximum Gasteiger partial charge on any atom is 0.255 e. The minimum absolute atomic E-state index is 0.165.